The molecule has 0 spiro atoms. The van der Waals surface area contributed by atoms with Crippen molar-refractivity contribution in [3.8, 4) is 0 Å². The van der Waals surface area contributed by atoms with Crippen molar-refractivity contribution in [1.29, 1.82) is 0 Å². The molecule has 1 aromatic rings. The van der Waals surface area contributed by atoms with E-state index in [-0.39, 0.29) is 5.54 Å². The number of hydrogen-bond donors (Lipinski definition) is 1. The van der Waals surface area contributed by atoms with Gasteiger partial charge in [-0.15, -0.1) is 0 Å². The van der Waals surface area contributed by atoms with Gasteiger partial charge in [-0.2, -0.15) is 0 Å². The standard InChI is InChI=1S/C14H22N2O2/c1-16-10-8-14(9-11-16,12-18-17-2)15-13-6-4-3-5-7-13/h3-7,15H,8-12H2,1-2H3. The van der Waals surface area contributed by atoms with Gasteiger partial charge in [0.2, 0.25) is 0 Å². The fourth-order valence-electron chi connectivity index (χ4n) is 2.35. The number of nitrogens with one attached hydrogen (secondary N) is 1. The van der Waals surface area contributed by atoms with Gasteiger partial charge in [0.1, 0.15) is 6.61 Å². The van der Waals surface area contributed by atoms with Gasteiger partial charge < -0.3 is 10.2 Å². The van der Waals surface area contributed by atoms with E-state index in [2.05, 4.69) is 29.4 Å². The fraction of sp³-hybridized carbons (Fsp3) is 0.571. The SMILES string of the molecule is COOCC1(Nc2ccccc2)CCN(C)CC1. The van der Waals surface area contributed by atoms with Gasteiger partial charge in [0.15, 0.2) is 0 Å². The summed E-state index contributed by atoms with van der Waals surface area (Å²) >= 11 is 0. The molecule has 0 radical (unpaired) electrons. The molecule has 1 aliphatic heterocycles. The molecule has 0 amide bonds. The molecule has 0 aromatic heterocycles. The molecule has 0 atom stereocenters. The Morgan fingerprint density at radius 3 is 2.50 bits per heavy atom. The van der Waals surface area contributed by atoms with Crippen LogP contribution in [0.25, 0.3) is 0 Å². The second-order valence-electron chi connectivity index (χ2n) is 5.00. The normalized spacial score (nSPS) is 19.7. The molecular weight excluding hydrogens is 228 g/mol. The molecule has 1 saturated heterocycles. The highest BCUT2D eigenvalue weighted by atomic mass is 17.2. The summed E-state index contributed by atoms with van der Waals surface area (Å²) in [4.78, 5) is 12.3. The molecule has 4 nitrogen and oxygen atoms in total. The largest absolute Gasteiger partial charge is 0.377 e. The molecule has 2 rings (SSSR count). The molecule has 1 fully saturated rings. The number of hydrogen-bond acceptors (Lipinski definition) is 4. The summed E-state index contributed by atoms with van der Waals surface area (Å²) in [7, 11) is 3.72. The molecule has 0 unspecified atom stereocenters. The molecule has 1 N–H and O–H groups in total. The van der Waals surface area contributed by atoms with Crippen molar-refractivity contribution in [2.75, 3.05) is 39.2 Å². The van der Waals surface area contributed by atoms with Gasteiger partial charge >= 0.3 is 0 Å². The first-order valence-corrected chi connectivity index (χ1v) is 6.41. The first-order valence-electron chi connectivity index (χ1n) is 6.41. The predicted molar refractivity (Wildman–Crippen MR) is 72.5 cm³/mol. The average Bonchev–Trinajstić information content (AvgIpc) is 2.41. The summed E-state index contributed by atoms with van der Waals surface area (Å²) in [5, 5.41) is 3.62. The highest BCUT2D eigenvalue weighted by Gasteiger charge is 2.34. The summed E-state index contributed by atoms with van der Waals surface area (Å²) < 4.78 is 0. The van der Waals surface area contributed by atoms with Crippen LogP contribution in [0.15, 0.2) is 30.3 Å². The summed E-state index contributed by atoms with van der Waals surface area (Å²) in [6, 6.07) is 10.3. The highest BCUT2D eigenvalue weighted by molar-refractivity contribution is 5.45. The Morgan fingerprint density at radius 2 is 1.89 bits per heavy atom. The van der Waals surface area contributed by atoms with Crippen LogP contribution in [-0.2, 0) is 9.78 Å². The van der Waals surface area contributed by atoms with Gasteiger partial charge in [0.05, 0.1) is 12.6 Å². The van der Waals surface area contributed by atoms with Crippen LogP contribution >= 0.6 is 0 Å². The molecule has 0 bridgehead atoms. The first kappa shape index (κ1) is 13.3. The van der Waals surface area contributed by atoms with E-state index in [1.165, 1.54) is 0 Å². The lowest BCUT2D eigenvalue weighted by atomic mass is 9.88. The van der Waals surface area contributed by atoms with Crippen molar-refractivity contribution in [1.82, 2.24) is 4.90 Å². The Balaban J connectivity index is 2.05. The van der Waals surface area contributed by atoms with Gasteiger partial charge in [-0.05, 0) is 32.0 Å². The minimum Gasteiger partial charge on any atom is -0.377 e. The Kier molecular flexibility index (Phi) is 4.58. The lowest BCUT2D eigenvalue weighted by Gasteiger charge is -2.41. The number of benzene rings is 1. The van der Waals surface area contributed by atoms with Crippen LogP contribution in [-0.4, -0.2) is 44.3 Å². The van der Waals surface area contributed by atoms with Gasteiger partial charge in [0.25, 0.3) is 0 Å². The first-order chi connectivity index (χ1) is 8.74. The number of likely N-dealkylation sites (tertiary alicyclic amines) is 1. The van der Waals surface area contributed by atoms with E-state index < -0.39 is 0 Å². The summed E-state index contributed by atoms with van der Waals surface area (Å²) in [6.07, 6.45) is 2.11. The van der Waals surface area contributed by atoms with E-state index in [0.717, 1.165) is 31.6 Å². The fourth-order valence-corrected chi connectivity index (χ4v) is 2.35. The van der Waals surface area contributed by atoms with E-state index in [1.54, 1.807) is 7.11 Å². The van der Waals surface area contributed by atoms with Gasteiger partial charge in [-0.3, -0.25) is 0 Å². The van der Waals surface area contributed by atoms with Crippen molar-refractivity contribution in [2.45, 2.75) is 18.4 Å². The van der Waals surface area contributed by atoms with Crippen LogP contribution in [0.1, 0.15) is 12.8 Å². The lowest BCUT2D eigenvalue weighted by Crippen LogP contribution is -2.51. The Bertz CT molecular complexity index is 343. The van der Waals surface area contributed by atoms with Crippen LogP contribution in [0.2, 0.25) is 0 Å². The maximum atomic E-state index is 5.20. The molecule has 100 valence electrons. The molecule has 1 heterocycles. The zero-order valence-electron chi connectivity index (χ0n) is 11.2. The second kappa shape index (κ2) is 6.18. The third-order valence-electron chi connectivity index (χ3n) is 3.58. The zero-order valence-corrected chi connectivity index (χ0v) is 11.2. The van der Waals surface area contributed by atoms with E-state index in [0.29, 0.717) is 6.61 Å². The van der Waals surface area contributed by atoms with Crippen molar-refractivity contribution in [3.05, 3.63) is 30.3 Å². The lowest BCUT2D eigenvalue weighted by molar-refractivity contribution is -0.281. The minimum absolute atomic E-state index is 0.0239. The number of anilines is 1. The Morgan fingerprint density at radius 1 is 1.22 bits per heavy atom. The predicted octanol–water partition coefficient (Wildman–Crippen LogP) is 2.14. The summed E-state index contributed by atoms with van der Waals surface area (Å²) in [6.45, 7) is 2.73. The third-order valence-corrected chi connectivity index (χ3v) is 3.58. The number of piperidine rings is 1. The maximum Gasteiger partial charge on any atom is 0.105 e. The summed E-state index contributed by atoms with van der Waals surface area (Å²) in [5.74, 6) is 0. The van der Waals surface area contributed by atoms with Gasteiger partial charge in [-0.25, -0.2) is 9.78 Å². The Hall–Kier alpha value is -1.10. The van der Waals surface area contributed by atoms with Crippen molar-refractivity contribution in [2.24, 2.45) is 0 Å². The zero-order chi connectivity index (χ0) is 12.8. The van der Waals surface area contributed by atoms with Crippen LogP contribution in [0.4, 0.5) is 5.69 Å². The summed E-state index contributed by atoms with van der Waals surface area (Å²) in [5.41, 5.74) is 1.12. The second-order valence-corrected chi connectivity index (χ2v) is 5.00. The van der Waals surface area contributed by atoms with Crippen LogP contribution in [0, 0.1) is 0 Å². The van der Waals surface area contributed by atoms with Gasteiger partial charge in [0, 0.05) is 18.8 Å². The molecule has 1 aromatic carbocycles. The monoisotopic (exact) mass is 250 g/mol. The highest BCUT2D eigenvalue weighted by Crippen LogP contribution is 2.27. The molecule has 18 heavy (non-hydrogen) atoms. The van der Waals surface area contributed by atoms with E-state index >= 15 is 0 Å². The van der Waals surface area contributed by atoms with Crippen LogP contribution in [0.3, 0.4) is 0 Å². The molecule has 1 aliphatic rings. The molecule has 4 heteroatoms. The van der Waals surface area contributed by atoms with Crippen molar-refractivity contribution < 1.29 is 9.78 Å². The third kappa shape index (κ3) is 3.45. The topological polar surface area (TPSA) is 33.7 Å². The average molecular weight is 250 g/mol. The Labute approximate surface area is 109 Å². The number of rotatable bonds is 5. The van der Waals surface area contributed by atoms with Gasteiger partial charge in [-0.1, -0.05) is 18.2 Å². The number of nitrogens with zero attached hydrogens (tertiary/aromatic N) is 1. The van der Waals surface area contributed by atoms with E-state index in [1.807, 2.05) is 18.2 Å². The maximum absolute atomic E-state index is 5.20. The van der Waals surface area contributed by atoms with E-state index in [9.17, 15) is 0 Å². The van der Waals surface area contributed by atoms with Crippen molar-refractivity contribution in [3.63, 3.8) is 0 Å². The van der Waals surface area contributed by atoms with Crippen molar-refractivity contribution >= 4 is 5.69 Å². The van der Waals surface area contributed by atoms with Crippen LogP contribution in [0.5, 0.6) is 0 Å². The quantitative estimate of drug-likeness (QED) is 0.641. The smallest absolute Gasteiger partial charge is 0.105 e. The number of para-hydroxylation sites is 1. The molecule has 0 aliphatic carbocycles. The van der Waals surface area contributed by atoms with E-state index in [4.69, 9.17) is 9.78 Å². The molecular formula is C14H22N2O2. The molecule has 0 saturated carbocycles. The minimum atomic E-state index is -0.0239. The van der Waals surface area contributed by atoms with Crippen LogP contribution < -0.4 is 5.32 Å².